The number of methoxy groups -OCH3 is 1. The number of pyridine rings is 1. The Balaban J connectivity index is 1.83. The second-order valence-corrected chi connectivity index (χ2v) is 5.79. The van der Waals surface area contributed by atoms with Gasteiger partial charge in [-0.05, 0) is 41.0 Å². The molecule has 0 aliphatic heterocycles. The number of aromatic nitrogens is 1. The van der Waals surface area contributed by atoms with Crippen LogP contribution in [0.5, 0.6) is 0 Å². The summed E-state index contributed by atoms with van der Waals surface area (Å²) in [6, 6.07) is 15.6. The maximum atomic E-state index is 12.4. The van der Waals surface area contributed by atoms with Gasteiger partial charge in [-0.25, -0.2) is 4.79 Å². The maximum Gasteiger partial charge on any atom is 0.340 e. The predicted octanol–water partition coefficient (Wildman–Crippen LogP) is 4.06. The van der Waals surface area contributed by atoms with Gasteiger partial charge in [0.25, 0.3) is 0 Å². The molecule has 2 aromatic carbocycles. The number of nitrogens with one attached hydrogen (secondary N) is 1. The van der Waals surface area contributed by atoms with Crippen molar-refractivity contribution >= 4 is 33.9 Å². The summed E-state index contributed by atoms with van der Waals surface area (Å²) in [5.41, 5.74) is 2.34. The number of benzene rings is 2. The third kappa shape index (κ3) is 3.78. The van der Waals surface area contributed by atoms with Crippen molar-refractivity contribution in [1.29, 1.82) is 0 Å². The number of carbonyl (C=O) groups excluding carboxylic acids is 2. The number of anilines is 1. The highest BCUT2D eigenvalue weighted by Crippen LogP contribution is 2.21. The van der Waals surface area contributed by atoms with Crippen molar-refractivity contribution in [2.45, 2.75) is 6.92 Å². The predicted molar refractivity (Wildman–Crippen MR) is 102 cm³/mol. The highest BCUT2D eigenvalue weighted by Gasteiger charge is 2.13. The number of rotatable bonds is 4. The van der Waals surface area contributed by atoms with Gasteiger partial charge in [-0.15, -0.1) is 0 Å². The standard InChI is InChI=1S/C21H18N2O3/c1-14(16-8-7-15-5-3-4-6-17(15)12-16)11-20(24)23-19-13-22-10-9-18(19)21(25)26-2/h3-13H,1-2H3,(H,23,24)/b14-11-. The number of fused-ring (bicyclic) bond motifs is 1. The lowest BCUT2D eigenvalue weighted by atomic mass is 10.0. The van der Waals surface area contributed by atoms with Crippen molar-refractivity contribution in [2.24, 2.45) is 0 Å². The van der Waals surface area contributed by atoms with Gasteiger partial charge in [-0.1, -0.05) is 36.4 Å². The van der Waals surface area contributed by atoms with Gasteiger partial charge in [0.2, 0.25) is 5.91 Å². The Morgan fingerprint density at radius 2 is 1.85 bits per heavy atom. The zero-order chi connectivity index (χ0) is 18.5. The van der Waals surface area contributed by atoms with Crippen LogP contribution in [0.2, 0.25) is 0 Å². The average Bonchev–Trinajstić information content (AvgIpc) is 2.67. The number of hydrogen-bond donors (Lipinski definition) is 1. The number of allylic oxidation sites excluding steroid dienone is 1. The molecule has 5 nitrogen and oxygen atoms in total. The molecule has 0 radical (unpaired) electrons. The van der Waals surface area contributed by atoms with Crippen molar-refractivity contribution in [3.63, 3.8) is 0 Å². The molecule has 0 bridgehead atoms. The van der Waals surface area contributed by atoms with Crippen LogP contribution in [0.15, 0.2) is 67.0 Å². The SMILES string of the molecule is COC(=O)c1ccncc1NC(=O)/C=C(/C)c1ccc2ccccc2c1. The average molecular weight is 346 g/mol. The molecule has 0 aliphatic carbocycles. The Hall–Kier alpha value is -3.47. The molecule has 1 aromatic heterocycles. The van der Waals surface area contributed by atoms with Crippen LogP contribution in [0.3, 0.4) is 0 Å². The molecule has 3 rings (SSSR count). The van der Waals surface area contributed by atoms with Gasteiger partial charge < -0.3 is 10.1 Å². The van der Waals surface area contributed by atoms with Gasteiger partial charge >= 0.3 is 5.97 Å². The zero-order valence-electron chi connectivity index (χ0n) is 14.5. The van der Waals surface area contributed by atoms with Crippen LogP contribution < -0.4 is 5.32 Å². The Labute approximate surface area is 151 Å². The third-order valence-corrected chi connectivity index (χ3v) is 4.04. The van der Waals surface area contributed by atoms with E-state index in [2.05, 4.69) is 10.3 Å². The number of nitrogens with zero attached hydrogens (tertiary/aromatic N) is 1. The molecule has 0 spiro atoms. The van der Waals surface area contributed by atoms with Gasteiger partial charge in [0.05, 0.1) is 24.6 Å². The second-order valence-electron chi connectivity index (χ2n) is 5.79. The molecule has 0 aliphatic rings. The van der Waals surface area contributed by atoms with E-state index in [1.54, 1.807) is 0 Å². The van der Waals surface area contributed by atoms with E-state index in [0.29, 0.717) is 5.69 Å². The number of esters is 1. The summed E-state index contributed by atoms with van der Waals surface area (Å²) in [6.07, 6.45) is 4.39. The number of hydrogen-bond acceptors (Lipinski definition) is 4. The van der Waals surface area contributed by atoms with E-state index in [9.17, 15) is 9.59 Å². The minimum atomic E-state index is -0.530. The minimum Gasteiger partial charge on any atom is -0.465 e. The number of carbonyl (C=O) groups is 2. The fourth-order valence-electron chi connectivity index (χ4n) is 2.67. The van der Waals surface area contributed by atoms with Gasteiger partial charge in [-0.2, -0.15) is 0 Å². The molecule has 5 heteroatoms. The van der Waals surface area contributed by atoms with Gasteiger partial charge in [0.15, 0.2) is 0 Å². The van der Waals surface area contributed by atoms with Crippen LogP contribution in [0.4, 0.5) is 5.69 Å². The summed E-state index contributed by atoms with van der Waals surface area (Å²) < 4.78 is 4.72. The van der Waals surface area contributed by atoms with E-state index in [-0.39, 0.29) is 11.5 Å². The van der Waals surface area contributed by atoms with Crippen molar-refractivity contribution in [3.05, 3.63) is 78.1 Å². The molecule has 0 saturated heterocycles. The smallest absolute Gasteiger partial charge is 0.340 e. The van der Waals surface area contributed by atoms with E-state index >= 15 is 0 Å². The summed E-state index contributed by atoms with van der Waals surface area (Å²) in [7, 11) is 1.29. The Kier molecular flexibility index (Phi) is 5.08. The molecule has 1 amide bonds. The van der Waals surface area contributed by atoms with Crippen LogP contribution in [-0.4, -0.2) is 24.0 Å². The zero-order valence-corrected chi connectivity index (χ0v) is 14.5. The van der Waals surface area contributed by atoms with Crippen molar-refractivity contribution in [3.8, 4) is 0 Å². The quantitative estimate of drug-likeness (QED) is 0.571. The van der Waals surface area contributed by atoms with Crippen molar-refractivity contribution < 1.29 is 14.3 Å². The summed E-state index contributed by atoms with van der Waals surface area (Å²) in [4.78, 5) is 28.1. The van der Waals surface area contributed by atoms with Crippen LogP contribution in [0, 0.1) is 0 Å². The normalized spacial score (nSPS) is 11.2. The molecule has 0 atom stereocenters. The summed E-state index contributed by atoms with van der Waals surface area (Å²) in [6.45, 7) is 1.87. The largest absolute Gasteiger partial charge is 0.465 e. The van der Waals surface area contributed by atoms with Crippen LogP contribution in [0.1, 0.15) is 22.8 Å². The van der Waals surface area contributed by atoms with E-state index in [0.717, 1.165) is 21.9 Å². The van der Waals surface area contributed by atoms with Gasteiger partial charge in [0.1, 0.15) is 0 Å². The Morgan fingerprint density at radius 3 is 2.62 bits per heavy atom. The summed E-state index contributed by atoms with van der Waals surface area (Å²) >= 11 is 0. The monoisotopic (exact) mass is 346 g/mol. The Morgan fingerprint density at radius 1 is 1.08 bits per heavy atom. The molecule has 0 saturated carbocycles. The van der Waals surface area contributed by atoms with E-state index < -0.39 is 5.97 Å². The molecular weight excluding hydrogens is 328 g/mol. The van der Waals surface area contributed by atoms with Crippen molar-refractivity contribution in [1.82, 2.24) is 4.98 Å². The fourth-order valence-corrected chi connectivity index (χ4v) is 2.67. The van der Waals surface area contributed by atoms with Crippen LogP contribution in [0.25, 0.3) is 16.3 Å². The first-order valence-corrected chi connectivity index (χ1v) is 8.09. The summed E-state index contributed by atoms with van der Waals surface area (Å²) in [5, 5.41) is 4.94. The highest BCUT2D eigenvalue weighted by atomic mass is 16.5. The van der Waals surface area contributed by atoms with Crippen molar-refractivity contribution in [2.75, 3.05) is 12.4 Å². The lowest BCUT2D eigenvalue weighted by Gasteiger charge is -2.08. The second kappa shape index (κ2) is 7.61. The number of ether oxygens (including phenoxy) is 1. The minimum absolute atomic E-state index is 0.257. The first-order chi connectivity index (χ1) is 12.6. The lowest BCUT2D eigenvalue weighted by Crippen LogP contribution is -2.13. The van der Waals surface area contributed by atoms with E-state index in [1.165, 1.54) is 31.6 Å². The molecule has 130 valence electrons. The third-order valence-electron chi connectivity index (χ3n) is 4.04. The molecule has 3 aromatic rings. The van der Waals surface area contributed by atoms with Gasteiger partial charge in [-0.3, -0.25) is 9.78 Å². The lowest BCUT2D eigenvalue weighted by molar-refractivity contribution is -0.111. The molecule has 1 heterocycles. The molecule has 0 unspecified atom stereocenters. The first-order valence-electron chi connectivity index (χ1n) is 8.09. The molecule has 0 fully saturated rings. The molecular formula is C21H18N2O3. The molecule has 1 N–H and O–H groups in total. The highest BCUT2D eigenvalue weighted by molar-refractivity contribution is 6.07. The van der Waals surface area contributed by atoms with E-state index in [4.69, 9.17) is 4.74 Å². The number of amides is 1. The van der Waals surface area contributed by atoms with Crippen LogP contribution in [-0.2, 0) is 9.53 Å². The van der Waals surface area contributed by atoms with Crippen LogP contribution >= 0.6 is 0 Å². The molecule has 26 heavy (non-hydrogen) atoms. The Bertz CT molecular complexity index is 1010. The van der Waals surface area contributed by atoms with Gasteiger partial charge in [0, 0.05) is 12.3 Å². The first kappa shape index (κ1) is 17.4. The van der Waals surface area contributed by atoms with E-state index in [1.807, 2.05) is 49.4 Å². The summed E-state index contributed by atoms with van der Waals surface area (Å²) in [5.74, 6) is -0.869. The fraction of sp³-hybridized carbons (Fsp3) is 0.0952. The topological polar surface area (TPSA) is 68.3 Å². The maximum absolute atomic E-state index is 12.4.